The Labute approximate surface area is 235 Å². The normalized spacial score (nSPS) is 18.0. The first kappa shape index (κ1) is 26.7. The molecule has 0 amide bonds. The molecule has 1 atom stereocenters. The molecule has 1 N–H and O–H groups in total. The molecule has 1 aliphatic heterocycles. The topological polar surface area (TPSA) is 29.3 Å². The quantitative estimate of drug-likeness (QED) is 0.287. The van der Waals surface area contributed by atoms with Crippen LogP contribution in [0, 0.1) is 6.92 Å². The van der Waals surface area contributed by atoms with Gasteiger partial charge in [-0.3, -0.25) is 4.99 Å². The van der Waals surface area contributed by atoms with Gasteiger partial charge in [0.15, 0.2) is 0 Å². The second-order valence-corrected chi connectivity index (χ2v) is 10.8. The number of hydrogen-bond acceptors (Lipinski definition) is 3. The Kier molecular flexibility index (Phi) is 8.13. The van der Waals surface area contributed by atoms with E-state index in [0.29, 0.717) is 0 Å². The fraction of sp³-hybridized carbons (Fsp3) is 0.229. The van der Waals surface area contributed by atoms with Crippen LogP contribution in [0.3, 0.4) is 0 Å². The van der Waals surface area contributed by atoms with Crippen molar-refractivity contribution in [1.82, 2.24) is 9.88 Å². The van der Waals surface area contributed by atoms with Crippen LogP contribution in [0.15, 0.2) is 84.0 Å². The Bertz CT molecular complexity index is 1730. The summed E-state index contributed by atoms with van der Waals surface area (Å²) >= 11 is 1.86. The molecule has 0 bridgehead atoms. The summed E-state index contributed by atoms with van der Waals surface area (Å²) in [6, 6.07) is 17.7. The molecule has 0 saturated heterocycles. The highest BCUT2D eigenvalue weighted by molar-refractivity contribution is 7.20. The summed E-state index contributed by atoms with van der Waals surface area (Å²) in [6.07, 6.45) is 19.5. The summed E-state index contributed by atoms with van der Waals surface area (Å²) in [7, 11) is 2.19. The Morgan fingerprint density at radius 3 is 2.56 bits per heavy atom. The van der Waals surface area contributed by atoms with E-state index in [9.17, 15) is 0 Å². The van der Waals surface area contributed by atoms with E-state index in [4.69, 9.17) is 4.99 Å². The zero-order chi connectivity index (χ0) is 27.4. The lowest BCUT2D eigenvalue weighted by Gasteiger charge is -2.08. The van der Waals surface area contributed by atoms with E-state index in [1.54, 1.807) is 0 Å². The summed E-state index contributed by atoms with van der Waals surface area (Å²) in [6.45, 7) is 8.36. The smallest absolute Gasteiger partial charge is 0.125 e. The molecule has 3 nitrogen and oxygen atoms in total. The molecule has 3 heterocycles. The Morgan fingerprint density at radius 1 is 0.949 bits per heavy atom. The number of nitrogens with zero attached hydrogens (tertiary/aromatic N) is 2. The molecule has 0 fully saturated rings. The Balaban J connectivity index is 0.00000151. The van der Waals surface area contributed by atoms with Crippen molar-refractivity contribution in [2.75, 3.05) is 0 Å². The largest absolute Gasteiger partial charge is 0.348 e. The molecule has 0 saturated carbocycles. The van der Waals surface area contributed by atoms with E-state index in [1.165, 1.54) is 53.5 Å². The zero-order valence-electron chi connectivity index (χ0n) is 23.5. The van der Waals surface area contributed by atoms with Crippen LogP contribution in [0.25, 0.3) is 50.6 Å². The monoisotopic (exact) mass is 531 g/mol. The number of benzene rings is 2. The molecule has 198 valence electrons. The molecular weight excluding hydrogens is 494 g/mol. The standard InChI is InChI=1S/C33H31N3S.C2H6/c1-22-11-9-10-20-34-31(35-22)19-18-29-33(32-23(2)36(3)28-15-8-7-14-26(28)32)27-17-16-25(21-30(27)37-29)24-12-5-4-6-13-24;1-2/h4-6,9-22H,7-8H2,1-3H3,(H,34,35);1-2H3/b11-9-,19-18?,20-10-;. The van der Waals surface area contributed by atoms with Crippen molar-refractivity contribution in [3.8, 4) is 22.3 Å². The van der Waals surface area contributed by atoms with Gasteiger partial charge in [-0.25, -0.2) is 0 Å². The molecule has 2 aromatic heterocycles. The summed E-state index contributed by atoms with van der Waals surface area (Å²) in [5.41, 5.74) is 6.49. The molecule has 39 heavy (non-hydrogen) atoms. The summed E-state index contributed by atoms with van der Waals surface area (Å²) in [5.74, 6) is 0.869. The van der Waals surface area contributed by atoms with Gasteiger partial charge < -0.3 is 9.88 Å². The third-order valence-corrected chi connectivity index (χ3v) is 8.38. The van der Waals surface area contributed by atoms with Crippen LogP contribution in [0.2, 0.25) is 0 Å². The fourth-order valence-electron chi connectivity index (χ4n) is 5.33. The molecule has 6 rings (SSSR count). The van der Waals surface area contributed by atoms with Crippen molar-refractivity contribution in [3.63, 3.8) is 0 Å². The molecule has 1 aliphatic carbocycles. The number of fused-ring (bicyclic) bond motifs is 2. The van der Waals surface area contributed by atoms with Gasteiger partial charge in [0, 0.05) is 55.6 Å². The second kappa shape index (κ2) is 11.9. The maximum atomic E-state index is 4.82. The highest BCUT2D eigenvalue weighted by Crippen LogP contribution is 2.41. The van der Waals surface area contributed by atoms with Crippen molar-refractivity contribution in [2.24, 2.45) is 12.0 Å². The number of allylic oxidation sites excluding steroid dienone is 2. The lowest BCUT2D eigenvalue weighted by molar-refractivity contribution is 0.842. The second-order valence-electron chi connectivity index (χ2n) is 9.70. The van der Waals surface area contributed by atoms with Crippen LogP contribution in [0.5, 0.6) is 0 Å². The van der Waals surface area contributed by atoms with Crippen molar-refractivity contribution in [2.45, 2.75) is 46.6 Å². The molecule has 2 aliphatic rings. The predicted octanol–water partition coefficient (Wildman–Crippen LogP) is 7.74. The third kappa shape index (κ3) is 5.35. The first-order valence-corrected chi connectivity index (χ1v) is 14.8. The highest BCUT2D eigenvalue weighted by Gasteiger charge is 2.20. The van der Waals surface area contributed by atoms with Crippen molar-refractivity contribution in [3.05, 3.63) is 100 Å². The van der Waals surface area contributed by atoms with E-state index >= 15 is 0 Å². The van der Waals surface area contributed by atoms with Gasteiger partial charge in [-0.05, 0) is 62.1 Å². The van der Waals surface area contributed by atoms with E-state index in [0.717, 1.165) is 18.7 Å². The summed E-state index contributed by atoms with van der Waals surface area (Å²) < 4.78 is 3.66. The Morgan fingerprint density at radius 2 is 1.74 bits per heavy atom. The minimum Gasteiger partial charge on any atom is -0.348 e. The molecule has 1 unspecified atom stereocenters. The van der Waals surface area contributed by atoms with Crippen molar-refractivity contribution < 1.29 is 0 Å². The summed E-state index contributed by atoms with van der Waals surface area (Å²) in [4.78, 5) is 6.08. The average molecular weight is 532 g/mol. The Hall–Kier alpha value is -3.89. The van der Waals surface area contributed by atoms with Crippen molar-refractivity contribution in [1.29, 1.82) is 0 Å². The molecule has 0 spiro atoms. The number of aliphatic imine (C=N–C) groups is 1. The molecule has 0 radical (unpaired) electrons. The number of aromatic nitrogens is 1. The zero-order valence-corrected chi connectivity index (χ0v) is 24.3. The molecule has 4 aromatic rings. The van der Waals surface area contributed by atoms with Gasteiger partial charge in [-0.15, -0.1) is 11.3 Å². The maximum absolute atomic E-state index is 4.82. The van der Waals surface area contributed by atoms with Gasteiger partial charge >= 0.3 is 0 Å². The van der Waals surface area contributed by atoms with E-state index in [-0.39, 0.29) is 6.04 Å². The SMILES string of the molecule is CC.Cc1c(-c2c(C=CC3=NC(C)/C=C\C=C/N3)sc3cc(-c4ccccc4)ccc23)c2c(n1C)=CCCC=2. The van der Waals surface area contributed by atoms with E-state index in [2.05, 4.69) is 110 Å². The maximum Gasteiger partial charge on any atom is 0.125 e. The molecular formula is C35H37N3S. The van der Waals surface area contributed by atoms with E-state index in [1.807, 2.05) is 43.5 Å². The van der Waals surface area contributed by atoms with Gasteiger partial charge in [0.25, 0.3) is 0 Å². The number of nitrogens with one attached hydrogen (secondary N) is 1. The van der Waals surface area contributed by atoms with Crippen LogP contribution in [0.4, 0.5) is 0 Å². The van der Waals surface area contributed by atoms with Crippen LogP contribution in [0.1, 0.15) is 44.2 Å². The number of rotatable bonds is 4. The minimum atomic E-state index is 0.126. The van der Waals surface area contributed by atoms with Crippen molar-refractivity contribution >= 4 is 45.5 Å². The first-order valence-electron chi connectivity index (χ1n) is 13.9. The number of hydrogen-bond donors (Lipinski definition) is 1. The number of amidine groups is 1. The van der Waals surface area contributed by atoms with Gasteiger partial charge in [-0.2, -0.15) is 0 Å². The van der Waals surface area contributed by atoms with Gasteiger partial charge in [0.1, 0.15) is 5.84 Å². The van der Waals surface area contributed by atoms with Crippen LogP contribution >= 0.6 is 11.3 Å². The fourth-order valence-corrected chi connectivity index (χ4v) is 6.48. The highest BCUT2D eigenvalue weighted by atomic mass is 32.1. The minimum absolute atomic E-state index is 0.126. The molecule has 2 aromatic carbocycles. The average Bonchev–Trinajstić information content (AvgIpc) is 3.44. The first-order chi connectivity index (χ1) is 19.1. The van der Waals surface area contributed by atoms with Crippen LogP contribution in [-0.4, -0.2) is 16.4 Å². The molecule has 4 heteroatoms. The number of thiophene rings is 1. The third-order valence-electron chi connectivity index (χ3n) is 7.26. The predicted molar refractivity (Wildman–Crippen MR) is 173 cm³/mol. The summed E-state index contributed by atoms with van der Waals surface area (Å²) in [5, 5.41) is 7.35. The lowest BCUT2D eigenvalue weighted by Crippen LogP contribution is -2.30. The van der Waals surface area contributed by atoms with E-state index < -0.39 is 0 Å². The van der Waals surface area contributed by atoms with Crippen LogP contribution < -0.4 is 15.9 Å². The van der Waals surface area contributed by atoms with Gasteiger partial charge in [0.05, 0.1) is 6.04 Å². The van der Waals surface area contributed by atoms with Gasteiger partial charge in [0.2, 0.25) is 0 Å². The van der Waals surface area contributed by atoms with Crippen LogP contribution in [-0.2, 0) is 7.05 Å². The lowest BCUT2D eigenvalue weighted by atomic mass is 9.97. The van der Waals surface area contributed by atoms with Gasteiger partial charge in [-0.1, -0.05) is 80.6 Å².